The molecule has 2 bridgehead atoms. The van der Waals surface area contributed by atoms with E-state index in [1.807, 2.05) is 24.3 Å². The normalized spacial score (nSPS) is 35.8. The van der Waals surface area contributed by atoms with E-state index in [4.69, 9.17) is 21.1 Å². The molecule has 2 heterocycles. The first kappa shape index (κ1) is 13.4. The molecular formula is C16H21ClO2. The Bertz CT molecular complexity index is 481. The zero-order valence-electron chi connectivity index (χ0n) is 11.8. The van der Waals surface area contributed by atoms with Crippen molar-refractivity contribution in [2.24, 2.45) is 5.41 Å². The fourth-order valence-electron chi connectivity index (χ4n) is 3.71. The average Bonchev–Trinajstić information content (AvgIpc) is 2.82. The summed E-state index contributed by atoms with van der Waals surface area (Å²) in [6.45, 7) is 7.23. The van der Waals surface area contributed by atoms with E-state index in [1.165, 1.54) is 0 Å². The highest BCUT2D eigenvalue weighted by molar-refractivity contribution is 6.31. The fourth-order valence-corrected chi connectivity index (χ4v) is 3.90. The molecule has 0 aliphatic carbocycles. The van der Waals surface area contributed by atoms with Crippen LogP contribution in [0.4, 0.5) is 0 Å². The number of halogens is 1. The smallest absolute Gasteiger partial charge is 0.0942 e. The Morgan fingerprint density at radius 1 is 1.32 bits per heavy atom. The summed E-state index contributed by atoms with van der Waals surface area (Å²) < 4.78 is 12.4. The minimum atomic E-state index is -0.130. The van der Waals surface area contributed by atoms with E-state index in [0.717, 1.165) is 23.4 Å². The van der Waals surface area contributed by atoms with Crippen LogP contribution in [0.2, 0.25) is 5.02 Å². The lowest BCUT2D eigenvalue weighted by atomic mass is 9.70. The lowest BCUT2D eigenvalue weighted by molar-refractivity contribution is -0.0887. The predicted molar refractivity (Wildman–Crippen MR) is 76.3 cm³/mol. The summed E-state index contributed by atoms with van der Waals surface area (Å²) in [6.07, 6.45) is 2.70. The molecular weight excluding hydrogens is 260 g/mol. The van der Waals surface area contributed by atoms with Crippen molar-refractivity contribution in [3.63, 3.8) is 0 Å². The van der Waals surface area contributed by atoms with Crippen LogP contribution in [0, 0.1) is 5.41 Å². The molecule has 0 unspecified atom stereocenters. The third-order valence-corrected chi connectivity index (χ3v) is 5.11. The number of hydrogen-bond donors (Lipinski definition) is 0. The van der Waals surface area contributed by atoms with Gasteiger partial charge < -0.3 is 9.47 Å². The van der Waals surface area contributed by atoms with Gasteiger partial charge in [-0.1, -0.05) is 43.6 Å². The van der Waals surface area contributed by atoms with Crippen LogP contribution < -0.4 is 0 Å². The van der Waals surface area contributed by atoms with Crippen molar-refractivity contribution < 1.29 is 9.47 Å². The molecule has 3 heteroatoms. The van der Waals surface area contributed by atoms with Crippen LogP contribution in [-0.4, -0.2) is 17.8 Å². The number of benzene rings is 1. The molecule has 19 heavy (non-hydrogen) atoms. The van der Waals surface area contributed by atoms with Gasteiger partial charge in [0.05, 0.1) is 24.4 Å². The van der Waals surface area contributed by atoms with Crippen LogP contribution >= 0.6 is 11.6 Å². The van der Waals surface area contributed by atoms with Crippen molar-refractivity contribution in [2.75, 3.05) is 0 Å². The number of fused-ring (bicyclic) bond motifs is 2. The standard InChI is InChI=1S/C16H21ClO2/c1-15(2)13-8-9-16(3,19-13)14(15)18-10-11-6-4-5-7-12(11)17/h4-7,13-14H,8-10H2,1-3H3/t13-,14-,16+/m0/s1. The van der Waals surface area contributed by atoms with Gasteiger partial charge in [-0.3, -0.25) is 0 Å². The maximum atomic E-state index is 6.21. The Balaban J connectivity index is 1.75. The van der Waals surface area contributed by atoms with Gasteiger partial charge in [0.25, 0.3) is 0 Å². The second-order valence-corrected chi connectivity index (χ2v) is 6.97. The Hall–Kier alpha value is -0.570. The van der Waals surface area contributed by atoms with E-state index in [1.54, 1.807) is 0 Å². The number of rotatable bonds is 3. The van der Waals surface area contributed by atoms with Gasteiger partial charge in [-0.2, -0.15) is 0 Å². The van der Waals surface area contributed by atoms with E-state index in [0.29, 0.717) is 12.7 Å². The van der Waals surface area contributed by atoms with Crippen molar-refractivity contribution in [1.82, 2.24) is 0 Å². The van der Waals surface area contributed by atoms with Gasteiger partial charge in [0.15, 0.2) is 0 Å². The van der Waals surface area contributed by atoms with Crippen LogP contribution in [0.15, 0.2) is 24.3 Å². The van der Waals surface area contributed by atoms with Crippen molar-refractivity contribution in [3.8, 4) is 0 Å². The Morgan fingerprint density at radius 2 is 2.05 bits per heavy atom. The van der Waals surface area contributed by atoms with E-state index in [9.17, 15) is 0 Å². The van der Waals surface area contributed by atoms with Crippen molar-refractivity contribution in [3.05, 3.63) is 34.9 Å². The molecule has 3 atom stereocenters. The fraction of sp³-hybridized carbons (Fsp3) is 0.625. The minimum absolute atomic E-state index is 0.0776. The number of ether oxygens (including phenoxy) is 2. The van der Waals surface area contributed by atoms with Gasteiger partial charge in [-0.25, -0.2) is 0 Å². The lowest BCUT2D eigenvalue weighted by Gasteiger charge is -2.38. The van der Waals surface area contributed by atoms with Crippen LogP contribution in [-0.2, 0) is 16.1 Å². The highest BCUT2D eigenvalue weighted by Crippen LogP contribution is 2.55. The second-order valence-electron chi connectivity index (χ2n) is 6.56. The largest absolute Gasteiger partial charge is 0.370 e. The van der Waals surface area contributed by atoms with Crippen molar-refractivity contribution in [2.45, 2.75) is 58.0 Å². The molecule has 0 radical (unpaired) electrons. The van der Waals surface area contributed by atoms with Gasteiger partial charge in [-0.15, -0.1) is 0 Å². The summed E-state index contributed by atoms with van der Waals surface area (Å²) >= 11 is 6.18. The van der Waals surface area contributed by atoms with Gasteiger partial charge >= 0.3 is 0 Å². The molecule has 1 aromatic rings. The van der Waals surface area contributed by atoms with Crippen molar-refractivity contribution >= 4 is 11.6 Å². The Labute approximate surface area is 120 Å². The monoisotopic (exact) mass is 280 g/mol. The molecule has 2 fully saturated rings. The Morgan fingerprint density at radius 3 is 2.68 bits per heavy atom. The first-order valence-corrected chi connectivity index (χ1v) is 7.34. The SMILES string of the molecule is CC1(C)[C@@H]2CC[C@@](C)(O2)[C@H]1OCc1ccccc1Cl. The minimum Gasteiger partial charge on any atom is -0.370 e. The van der Waals surface area contributed by atoms with Gasteiger partial charge in [0.1, 0.15) is 0 Å². The molecule has 2 aliphatic rings. The third kappa shape index (κ3) is 2.10. The molecule has 0 saturated carbocycles. The summed E-state index contributed by atoms with van der Waals surface area (Å²) in [4.78, 5) is 0. The van der Waals surface area contributed by atoms with Crippen LogP contribution in [0.5, 0.6) is 0 Å². The van der Waals surface area contributed by atoms with Gasteiger partial charge in [0.2, 0.25) is 0 Å². The molecule has 3 rings (SSSR count). The molecule has 0 aromatic heterocycles. The predicted octanol–water partition coefficient (Wildman–Crippen LogP) is 4.20. The second kappa shape index (κ2) is 4.47. The lowest BCUT2D eigenvalue weighted by Crippen LogP contribution is -2.47. The topological polar surface area (TPSA) is 18.5 Å². The maximum Gasteiger partial charge on any atom is 0.0942 e. The van der Waals surface area contributed by atoms with E-state index in [-0.39, 0.29) is 17.1 Å². The highest BCUT2D eigenvalue weighted by atomic mass is 35.5. The number of hydrogen-bond acceptors (Lipinski definition) is 2. The maximum absolute atomic E-state index is 6.21. The van der Waals surface area contributed by atoms with Gasteiger partial charge in [0, 0.05) is 10.4 Å². The van der Waals surface area contributed by atoms with Crippen LogP contribution in [0.1, 0.15) is 39.2 Å². The molecule has 104 valence electrons. The molecule has 0 spiro atoms. The first-order valence-electron chi connectivity index (χ1n) is 6.96. The molecule has 2 nitrogen and oxygen atoms in total. The van der Waals surface area contributed by atoms with E-state index >= 15 is 0 Å². The van der Waals surface area contributed by atoms with Crippen LogP contribution in [0.3, 0.4) is 0 Å². The third-order valence-electron chi connectivity index (χ3n) is 4.74. The van der Waals surface area contributed by atoms with Crippen molar-refractivity contribution in [1.29, 1.82) is 0 Å². The zero-order valence-corrected chi connectivity index (χ0v) is 12.5. The summed E-state index contributed by atoms with van der Waals surface area (Å²) in [7, 11) is 0. The molecule has 0 amide bonds. The highest BCUT2D eigenvalue weighted by Gasteiger charge is 2.61. The first-order chi connectivity index (χ1) is 8.93. The molecule has 0 N–H and O–H groups in total. The zero-order chi connectivity index (χ0) is 13.7. The molecule has 2 aliphatic heterocycles. The molecule has 2 saturated heterocycles. The Kier molecular flexibility index (Phi) is 3.16. The van der Waals surface area contributed by atoms with E-state index in [2.05, 4.69) is 20.8 Å². The summed E-state index contributed by atoms with van der Waals surface area (Å²) in [5.41, 5.74) is 0.996. The quantitative estimate of drug-likeness (QED) is 0.826. The summed E-state index contributed by atoms with van der Waals surface area (Å²) in [5.74, 6) is 0. The van der Waals surface area contributed by atoms with E-state index < -0.39 is 0 Å². The molecule has 1 aromatic carbocycles. The summed E-state index contributed by atoms with van der Waals surface area (Å²) in [6, 6.07) is 7.86. The average molecular weight is 281 g/mol. The summed E-state index contributed by atoms with van der Waals surface area (Å²) in [5, 5.41) is 0.773. The van der Waals surface area contributed by atoms with Gasteiger partial charge in [-0.05, 0) is 31.4 Å². The van der Waals surface area contributed by atoms with Crippen LogP contribution in [0.25, 0.3) is 0 Å².